The number of pyridine rings is 1. The topological polar surface area (TPSA) is 61.2 Å². The Bertz CT molecular complexity index is 1400. The van der Waals surface area contributed by atoms with Gasteiger partial charge in [-0.15, -0.1) is 0 Å². The van der Waals surface area contributed by atoms with Crippen LogP contribution in [0.2, 0.25) is 0 Å². The molecule has 0 aliphatic carbocycles. The van der Waals surface area contributed by atoms with Gasteiger partial charge in [0.2, 0.25) is 0 Å². The molecule has 1 fully saturated rings. The van der Waals surface area contributed by atoms with Gasteiger partial charge < -0.3 is 0 Å². The largest absolute Gasteiger partial charge is 0.295 e. The van der Waals surface area contributed by atoms with Gasteiger partial charge in [0.05, 0.1) is 18.1 Å². The fraction of sp³-hybridized carbons (Fsp3) is 0.240. The molecule has 32 heavy (non-hydrogen) atoms. The van der Waals surface area contributed by atoms with Gasteiger partial charge in [-0.05, 0) is 29.7 Å². The highest BCUT2D eigenvalue weighted by atomic mass is 16.2. The van der Waals surface area contributed by atoms with Crippen LogP contribution in [0.5, 0.6) is 0 Å². The first kappa shape index (κ1) is 19.2. The second kappa shape index (κ2) is 7.55. The normalized spacial score (nSPS) is 17.0. The van der Waals surface area contributed by atoms with Crippen molar-refractivity contribution in [3.8, 4) is 0 Å². The average molecular weight is 425 g/mol. The van der Waals surface area contributed by atoms with Crippen molar-refractivity contribution in [3.05, 3.63) is 88.5 Å². The molecule has 0 N–H and O–H groups in total. The van der Waals surface area contributed by atoms with Crippen LogP contribution in [0.4, 0.5) is 5.69 Å². The van der Waals surface area contributed by atoms with Crippen molar-refractivity contribution >= 4 is 28.0 Å². The summed E-state index contributed by atoms with van der Waals surface area (Å²) in [5, 5.41) is 2.17. The van der Waals surface area contributed by atoms with E-state index < -0.39 is 0 Å². The third-order valence-electron chi connectivity index (χ3n) is 6.47. The third kappa shape index (κ3) is 3.18. The maximum atomic E-state index is 13.0. The lowest BCUT2D eigenvalue weighted by Gasteiger charge is -2.36. The summed E-state index contributed by atoms with van der Waals surface area (Å²) in [6.45, 7) is 4.72. The predicted molar refractivity (Wildman–Crippen MR) is 124 cm³/mol. The minimum absolute atomic E-state index is 0.0504. The number of carbonyl (C=O) groups is 1. The second-order valence-corrected chi connectivity index (χ2v) is 8.46. The summed E-state index contributed by atoms with van der Waals surface area (Å²) < 4.78 is 1.56. The van der Waals surface area contributed by atoms with Crippen molar-refractivity contribution < 1.29 is 4.79 Å². The van der Waals surface area contributed by atoms with Gasteiger partial charge in [0.15, 0.2) is 0 Å². The van der Waals surface area contributed by atoms with Gasteiger partial charge in [-0.3, -0.25) is 28.7 Å². The number of fused-ring (bicyclic) bond motifs is 1. The second-order valence-electron chi connectivity index (χ2n) is 8.46. The van der Waals surface area contributed by atoms with Crippen LogP contribution in [0.1, 0.15) is 16.1 Å². The SMILES string of the molecule is O=C1c2cccc3cccc(c23)N1CN1CCN(Cc2cc(=O)n3ccccc3n2)CC1. The Hall–Kier alpha value is -3.55. The van der Waals surface area contributed by atoms with E-state index in [1.165, 1.54) is 0 Å². The number of rotatable bonds is 4. The Kier molecular flexibility index (Phi) is 4.52. The van der Waals surface area contributed by atoms with Crippen LogP contribution >= 0.6 is 0 Å². The molecule has 2 aromatic carbocycles. The molecule has 0 bridgehead atoms. The average Bonchev–Trinajstić information content (AvgIpc) is 3.08. The summed E-state index contributed by atoms with van der Waals surface area (Å²) in [6, 6.07) is 19.3. The lowest BCUT2D eigenvalue weighted by Crippen LogP contribution is -2.50. The van der Waals surface area contributed by atoms with Gasteiger partial charge in [-0.1, -0.05) is 30.3 Å². The van der Waals surface area contributed by atoms with Crippen molar-refractivity contribution in [2.24, 2.45) is 0 Å². The molecule has 160 valence electrons. The van der Waals surface area contributed by atoms with Gasteiger partial charge in [-0.25, -0.2) is 4.98 Å². The number of anilines is 1. The molecule has 4 aromatic rings. The first-order valence-corrected chi connectivity index (χ1v) is 10.9. The smallest absolute Gasteiger partial charge is 0.260 e. The van der Waals surface area contributed by atoms with E-state index in [-0.39, 0.29) is 11.5 Å². The first-order valence-electron chi connectivity index (χ1n) is 10.9. The van der Waals surface area contributed by atoms with E-state index in [0.29, 0.717) is 18.9 Å². The van der Waals surface area contributed by atoms with Crippen molar-refractivity contribution in [2.45, 2.75) is 6.54 Å². The molecule has 4 heterocycles. The summed E-state index contributed by atoms with van der Waals surface area (Å²) in [4.78, 5) is 36.6. The minimum Gasteiger partial charge on any atom is -0.295 e. The van der Waals surface area contributed by atoms with Gasteiger partial charge in [0.25, 0.3) is 11.5 Å². The fourth-order valence-electron chi connectivity index (χ4n) is 4.82. The molecule has 0 radical (unpaired) electrons. The molecule has 2 aliphatic rings. The number of amides is 1. The number of carbonyl (C=O) groups excluding carboxylic acids is 1. The highest BCUT2D eigenvalue weighted by molar-refractivity contribution is 6.24. The van der Waals surface area contributed by atoms with E-state index in [0.717, 1.165) is 53.9 Å². The molecule has 6 rings (SSSR count). The molecule has 0 spiro atoms. The van der Waals surface area contributed by atoms with Crippen LogP contribution in [0.25, 0.3) is 16.4 Å². The summed E-state index contributed by atoms with van der Waals surface area (Å²) in [5.41, 5.74) is 3.23. The van der Waals surface area contributed by atoms with E-state index in [1.54, 1.807) is 16.7 Å². The fourth-order valence-corrected chi connectivity index (χ4v) is 4.82. The zero-order valence-electron chi connectivity index (χ0n) is 17.6. The highest BCUT2D eigenvalue weighted by Crippen LogP contribution is 2.37. The molecular weight excluding hydrogens is 402 g/mol. The van der Waals surface area contributed by atoms with E-state index in [2.05, 4.69) is 26.9 Å². The molecule has 0 atom stereocenters. The van der Waals surface area contributed by atoms with Crippen LogP contribution < -0.4 is 10.5 Å². The highest BCUT2D eigenvalue weighted by Gasteiger charge is 2.31. The number of benzene rings is 2. The zero-order chi connectivity index (χ0) is 21.7. The van der Waals surface area contributed by atoms with E-state index in [9.17, 15) is 9.59 Å². The van der Waals surface area contributed by atoms with E-state index in [1.807, 2.05) is 47.4 Å². The number of hydrogen-bond acceptors (Lipinski definition) is 5. The monoisotopic (exact) mass is 425 g/mol. The Morgan fingerprint density at radius 3 is 2.47 bits per heavy atom. The maximum Gasteiger partial charge on any atom is 0.260 e. The van der Waals surface area contributed by atoms with E-state index in [4.69, 9.17) is 0 Å². The molecule has 2 aliphatic heterocycles. The van der Waals surface area contributed by atoms with Crippen molar-refractivity contribution in [1.82, 2.24) is 19.2 Å². The summed E-state index contributed by atoms with van der Waals surface area (Å²) >= 11 is 0. The van der Waals surface area contributed by atoms with Crippen LogP contribution in [0.3, 0.4) is 0 Å². The molecule has 1 saturated heterocycles. The van der Waals surface area contributed by atoms with Gasteiger partial charge >= 0.3 is 0 Å². The lowest BCUT2D eigenvalue weighted by atomic mass is 10.1. The van der Waals surface area contributed by atoms with Crippen LogP contribution in [-0.2, 0) is 6.54 Å². The Morgan fingerprint density at radius 1 is 0.844 bits per heavy atom. The quantitative estimate of drug-likeness (QED) is 0.503. The van der Waals surface area contributed by atoms with Crippen molar-refractivity contribution in [1.29, 1.82) is 0 Å². The zero-order valence-corrected chi connectivity index (χ0v) is 17.6. The Morgan fingerprint density at radius 2 is 1.62 bits per heavy atom. The number of piperazine rings is 1. The summed E-state index contributed by atoms with van der Waals surface area (Å²) in [7, 11) is 0. The molecule has 0 saturated carbocycles. The minimum atomic E-state index is -0.0504. The summed E-state index contributed by atoms with van der Waals surface area (Å²) in [6.07, 6.45) is 1.74. The number of nitrogens with zero attached hydrogens (tertiary/aromatic N) is 5. The van der Waals surface area contributed by atoms with Gasteiger partial charge in [-0.2, -0.15) is 0 Å². The van der Waals surface area contributed by atoms with Gasteiger partial charge in [0, 0.05) is 55.9 Å². The lowest BCUT2D eigenvalue weighted by molar-refractivity contribution is 0.0933. The molecule has 7 heteroatoms. The molecule has 2 aromatic heterocycles. The summed E-state index contributed by atoms with van der Waals surface area (Å²) in [5.74, 6) is 0.0834. The number of hydrogen-bond donors (Lipinski definition) is 0. The Balaban J connectivity index is 1.13. The maximum absolute atomic E-state index is 13.0. The van der Waals surface area contributed by atoms with Crippen LogP contribution in [-0.4, -0.2) is 57.9 Å². The van der Waals surface area contributed by atoms with Crippen molar-refractivity contribution in [2.75, 3.05) is 37.7 Å². The van der Waals surface area contributed by atoms with E-state index >= 15 is 0 Å². The molecule has 1 amide bonds. The molecule has 0 unspecified atom stereocenters. The standard InChI is InChI=1S/C25H23N5O2/c31-23-15-19(26-22-9-1-2-10-29(22)23)16-27-11-13-28(14-12-27)17-30-21-8-4-6-18-5-3-7-20(24(18)21)25(30)32/h1-10,15H,11-14,16-17H2. The Labute approximate surface area is 185 Å². The third-order valence-corrected chi connectivity index (χ3v) is 6.47. The first-order chi connectivity index (χ1) is 15.7. The molecular formula is C25H23N5O2. The van der Waals surface area contributed by atoms with Crippen LogP contribution in [0.15, 0.2) is 71.7 Å². The van der Waals surface area contributed by atoms with Gasteiger partial charge in [0.1, 0.15) is 5.65 Å². The molecule has 7 nitrogen and oxygen atoms in total. The number of aromatic nitrogens is 2. The van der Waals surface area contributed by atoms with Crippen LogP contribution in [0, 0.1) is 0 Å². The predicted octanol–water partition coefficient (Wildman–Crippen LogP) is 2.58. The van der Waals surface area contributed by atoms with Crippen molar-refractivity contribution in [3.63, 3.8) is 0 Å².